The van der Waals surface area contributed by atoms with Crippen molar-refractivity contribution in [3.05, 3.63) is 29.8 Å². The molecule has 1 aromatic rings. The van der Waals surface area contributed by atoms with E-state index in [4.69, 9.17) is 11.2 Å². The Balaban J connectivity index is 2.89. The zero-order valence-corrected chi connectivity index (χ0v) is 7.41. The van der Waals surface area contributed by atoms with Gasteiger partial charge in [-0.15, -0.1) is 6.42 Å². The number of esters is 1. The Morgan fingerprint density at radius 3 is 2.85 bits per heavy atom. The van der Waals surface area contributed by atoms with Crippen molar-refractivity contribution in [2.24, 2.45) is 0 Å². The molecule has 0 saturated heterocycles. The quantitative estimate of drug-likeness (QED) is 0.389. The average molecular weight is 174 g/mol. The van der Waals surface area contributed by atoms with E-state index >= 15 is 0 Å². The molecule has 1 rings (SSSR count). The number of ether oxygens (including phenoxy) is 1. The molecule has 0 bridgehead atoms. The molecule has 13 heavy (non-hydrogen) atoms. The minimum Gasteiger partial charge on any atom is -0.425 e. The molecule has 0 unspecified atom stereocenters. The van der Waals surface area contributed by atoms with E-state index in [-0.39, 0.29) is 5.97 Å². The number of rotatable bonds is 2. The Morgan fingerprint density at radius 1 is 1.54 bits per heavy atom. The van der Waals surface area contributed by atoms with Gasteiger partial charge in [-0.05, 0) is 12.1 Å². The molecule has 0 atom stereocenters. The van der Waals surface area contributed by atoms with E-state index in [1.807, 2.05) is 0 Å². The fraction of sp³-hybridized carbons (Fsp3) is 0.182. The Kier molecular flexibility index (Phi) is 3.10. The largest absolute Gasteiger partial charge is 0.425 e. The van der Waals surface area contributed by atoms with Crippen molar-refractivity contribution in [3.63, 3.8) is 0 Å². The lowest BCUT2D eigenvalue weighted by molar-refractivity contribution is -0.134. The van der Waals surface area contributed by atoms with Gasteiger partial charge in [-0.2, -0.15) is 0 Å². The van der Waals surface area contributed by atoms with Crippen LogP contribution in [0.2, 0.25) is 0 Å². The van der Waals surface area contributed by atoms with Gasteiger partial charge in [0.25, 0.3) is 0 Å². The molecule has 0 amide bonds. The Morgan fingerprint density at radius 2 is 2.23 bits per heavy atom. The van der Waals surface area contributed by atoms with Crippen molar-refractivity contribution < 1.29 is 9.53 Å². The molecular weight excluding hydrogens is 164 g/mol. The van der Waals surface area contributed by atoms with Crippen molar-refractivity contribution in [1.29, 1.82) is 0 Å². The molecule has 0 aliphatic rings. The van der Waals surface area contributed by atoms with Crippen LogP contribution in [0.5, 0.6) is 5.75 Å². The predicted octanol–water partition coefficient (Wildman–Crippen LogP) is 1.98. The molecular formula is C11H10O2. The van der Waals surface area contributed by atoms with Crippen LogP contribution < -0.4 is 4.74 Å². The lowest BCUT2D eigenvalue weighted by Gasteiger charge is -2.03. The number of benzene rings is 1. The topological polar surface area (TPSA) is 26.3 Å². The van der Waals surface area contributed by atoms with E-state index in [0.717, 1.165) is 0 Å². The maximum Gasteiger partial charge on any atom is 0.310 e. The first-order valence-electron chi connectivity index (χ1n) is 4.04. The first-order chi connectivity index (χ1) is 6.27. The summed E-state index contributed by atoms with van der Waals surface area (Å²) in [5, 5.41) is 0. The minimum absolute atomic E-state index is 0.275. The minimum atomic E-state index is -0.275. The van der Waals surface area contributed by atoms with E-state index in [2.05, 4.69) is 5.92 Å². The van der Waals surface area contributed by atoms with E-state index < -0.39 is 0 Å². The highest BCUT2D eigenvalue weighted by molar-refractivity contribution is 5.72. The predicted molar refractivity (Wildman–Crippen MR) is 50.3 cm³/mol. The first-order valence-corrected chi connectivity index (χ1v) is 4.04. The summed E-state index contributed by atoms with van der Waals surface area (Å²) in [5.41, 5.74) is 0.601. The third-order valence-corrected chi connectivity index (χ3v) is 1.56. The number of carbonyl (C=O) groups is 1. The zero-order valence-electron chi connectivity index (χ0n) is 7.41. The monoisotopic (exact) mass is 174 g/mol. The zero-order chi connectivity index (χ0) is 9.68. The number of para-hydroxylation sites is 1. The van der Waals surface area contributed by atoms with Crippen molar-refractivity contribution in [1.82, 2.24) is 0 Å². The van der Waals surface area contributed by atoms with Crippen molar-refractivity contribution in [2.75, 3.05) is 0 Å². The van der Waals surface area contributed by atoms with Gasteiger partial charge in [0.1, 0.15) is 5.75 Å². The summed E-state index contributed by atoms with van der Waals surface area (Å²) in [6.07, 6.45) is 5.57. The number of terminal acetylenes is 1. The van der Waals surface area contributed by atoms with Gasteiger partial charge in [0.2, 0.25) is 0 Å². The van der Waals surface area contributed by atoms with Crippen LogP contribution in [0.3, 0.4) is 0 Å². The van der Waals surface area contributed by atoms with Crippen molar-refractivity contribution in [2.45, 2.75) is 13.3 Å². The van der Waals surface area contributed by atoms with E-state index in [1.54, 1.807) is 31.2 Å². The van der Waals surface area contributed by atoms with Crippen LogP contribution in [0.25, 0.3) is 0 Å². The van der Waals surface area contributed by atoms with E-state index in [1.165, 1.54) is 0 Å². The highest BCUT2D eigenvalue weighted by Gasteiger charge is 2.04. The highest BCUT2D eigenvalue weighted by atomic mass is 16.5. The molecule has 1 aromatic carbocycles. The highest BCUT2D eigenvalue weighted by Crippen LogP contribution is 2.16. The molecule has 66 valence electrons. The summed E-state index contributed by atoms with van der Waals surface area (Å²) < 4.78 is 5.00. The maximum absolute atomic E-state index is 11.0. The smallest absolute Gasteiger partial charge is 0.310 e. The average Bonchev–Trinajstić information content (AvgIpc) is 2.18. The van der Waals surface area contributed by atoms with Crippen LogP contribution in [-0.4, -0.2) is 5.97 Å². The molecule has 0 aromatic heterocycles. The SMILES string of the molecule is C#Cc1ccccc1OC(=O)CC. The Bertz CT molecular complexity index is 347. The number of hydrogen-bond donors (Lipinski definition) is 0. The van der Waals surface area contributed by atoms with Crippen LogP contribution >= 0.6 is 0 Å². The third kappa shape index (κ3) is 2.34. The fourth-order valence-corrected chi connectivity index (χ4v) is 0.870. The summed E-state index contributed by atoms with van der Waals surface area (Å²) in [4.78, 5) is 11.0. The van der Waals surface area contributed by atoms with Gasteiger partial charge in [-0.3, -0.25) is 4.79 Å². The summed E-state index contributed by atoms with van der Waals surface area (Å²) in [5.74, 6) is 2.63. The summed E-state index contributed by atoms with van der Waals surface area (Å²) in [6.45, 7) is 1.74. The van der Waals surface area contributed by atoms with Crippen LogP contribution in [0.4, 0.5) is 0 Å². The molecule has 2 nitrogen and oxygen atoms in total. The molecule has 0 fully saturated rings. The Hall–Kier alpha value is -1.75. The van der Waals surface area contributed by atoms with Gasteiger partial charge >= 0.3 is 5.97 Å². The first kappa shape index (κ1) is 9.34. The van der Waals surface area contributed by atoms with Crippen LogP contribution in [0, 0.1) is 12.3 Å². The van der Waals surface area contributed by atoms with Crippen LogP contribution in [0.15, 0.2) is 24.3 Å². The molecule has 0 aliphatic carbocycles. The lowest BCUT2D eigenvalue weighted by Crippen LogP contribution is -2.06. The van der Waals surface area contributed by atoms with Crippen LogP contribution in [0.1, 0.15) is 18.9 Å². The molecule has 2 heteroatoms. The second kappa shape index (κ2) is 4.32. The maximum atomic E-state index is 11.0. The van der Waals surface area contributed by atoms with Crippen LogP contribution in [-0.2, 0) is 4.79 Å². The second-order valence-electron chi connectivity index (χ2n) is 2.47. The second-order valence-corrected chi connectivity index (χ2v) is 2.47. The third-order valence-electron chi connectivity index (χ3n) is 1.56. The van der Waals surface area contributed by atoms with Gasteiger partial charge in [0, 0.05) is 6.42 Å². The van der Waals surface area contributed by atoms with Gasteiger partial charge in [0.05, 0.1) is 5.56 Å². The molecule has 0 N–H and O–H groups in total. The molecule has 0 radical (unpaired) electrons. The normalized spacial score (nSPS) is 8.92. The summed E-state index contributed by atoms with van der Waals surface area (Å²) in [7, 11) is 0. The molecule has 0 aliphatic heterocycles. The van der Waals surface area contributed by atoms with Crippen molar-refractivity contribution >= 4 is 5.97 Å². The number of hydrogen-bond acceptors (Lipinski definition) is 2. The van der Waals surface area contributed by atoms with Gasteiger partial charge in [0.15, 0.2) is 0 Å². The Labute approximate surface area is 77.5 Å². The molecule has 0 heterocycles. The van der Waals surface area contributed by atoms with E-state index in [9.17, 15) is 4.79 Å². The van der Waals surface area contributed by atoms with Gasteiger partial charge in [-0.1, -0.05) is 25.0 Å². The summed E-state index contributed by atoms with van der Waals surface area (Å²) >= 11 is 0. The lowest BCUT2D eigenvalue weighted by atomic mass is 10.2. The summed E-state index contributed by atoms with van der Waals surface area (Å²) in [6, 6.07) is 7.00. The van der Waals surface area contributed by atoms with E-state index in [0.29, 0.717) is 17.7 Å². The number of carbonyl (C=O) groups excluding carboxylic acids is 1. The van der Waals surface area contributed by atoms with Gasteiger partial charge in [-0.25, -0.2) is 0 Å². The molecule has 0 spiro atoms. The fourth-order valence-electron chi connectivity index (χ4n) is 0.870. The molecule has 0 saturated carbocycles. The standard InChI is InChI=1S/C11H10O2/c1-3-9-7-5-6-8-10(9)13-11(12)4-2/h1,5-8H,4H2,2H3. The van der Waals surface area contributed by atoms with Gasteiger partial charge < -0.3 is 4.74 Å². The van der Waals surface area contributed by atoms with Crippen molar-refractivity contribution in [3.8, 4) is 18.1 Å².